The molecule has 1 atom stereocenters. The molecule has 0 aliphatic heterocycles. The molecule has 0 saturated carbocycles. The van der Waals surface area contributed by atoms with Gasteiger partial charge in [0.25, 0.3) is 0 Å². The molecule has 1 unspecified atom stereocenters. The predicted molar refractivity (Wildman–Crippen MR) is 65.7 cm³/mol. The van der Waals surface area contributed by atoms with Crippen LogP contribution in [0.5, 0.6) is 0 Å². The molecular weight excluding hydrogens is 170 g/mol. The summed E-state index contributed by atoms with van der Waals surface area (Å²) in [6.45, 7) is 11.7. The van der Waals surface area contributed by atoms with Crippen molar-refractivity contribution in [2.75, 3.05) is 0 Å². The first-order valence-corrected chi connectivity index (χ1v) is 5.27. The minimum absolute atomic E-state index is 0.550. The molecule has 0 aromatic heterocycles. The van der Waals surface area contributed by atoms with Crippen LogP contribution in [0.15, 0.2) is 42.6 Å². The number of aliphatic imine (C=N–C) groups is 1. The van der Waals surface area contributed by atoms with Gasteiger partial charge >= 0.3 is 0 Å². The number of allylic oxidation sites excluding steroid dienone is 3. The van der Waals surface area contributed by atoms with Gasteiger partial charge in [-0.1, -0.05) is 45.6 Å². The van der Waals surface area contributed by atoms with Gasteiger partial charge in [0.15, 0.2) is 0 Å². The van der Waals surface area contributed by atoms with Gasteiger partial charge < -0.3 is 0 Å². The van der Waals surface area contributed by atoms with Crippen LogP contribution < -0.4 is 0 Å². The van der Waals surface area contributed by atoms with Crippen molar-refractivity contribution in [1.29, 1.82) is 0 Å². The molecule has 0 aliphatic rings. The molecule has 1 nitrogen and oxygen atoms in total. The van der Waals surface area contributed by atoms with Gasteiger partial charge in [0, 0.05) is 17.8 Å². The second-order valence-corrected chi connectivity index (χ2v) is 3.23. The molecule has 0 N–H and O–H groups in total. The minimum Gasteiger partial charge on any atom is -0.262 e. The lowest BCUT2D eigenvalue weighted by Crippen LogP contribution is -2.10. The molecule has 1 heteroatoms. The maximum atomic E-state index is 4.30. The lowest BCUT2D eigenvalue weighted by molar-refractivity contribution is 0.597. The van der Waals surface area contributed by atoms with Crippen molar-refractivity contribution in [2.45, 2.75) is 33.1 Å². The van der Waals surface area contributed by atoms with E-state index in [9.17, 15) is 0 Å². The number of rotatable bonds is 7. The summed E-state index contributed by atoms with van der Waals surface area (Å²) >= 11 is 0. The molecule has 0 fully saturated rings. The van der Waals surface area contributed by atoms with E-state index in [2.05, 4.69) is 32.0 Å². The Labute approximate surface area is 87.9 Å². The van der Waals surface area contributed by atoms with Crippen LogP contribution in [0, 0.1) is 5.92 Å². The highest BCUT2D eigenvalue weighted by Gasteiger charge is 2.09. The second kappa shape index (κ2) is 8.49. The molecular formula is C13H21N. The van der Waals surface area contributed by atoms with Gasteiger partial charge in [-0.3, -0.25) is 4.99 Å². The Balaban J connectivity index is 4.59. The Morgan fingerprint density at radius 2 is 2.07 bits per heavy atom. The second-order valence-electron chi connectivity index (χ2n) is 3.23. The van der Waals surface area contributed by atoms with Crippen LogP contribution in [0.2, 0.25) is 0 Å². The molecule has 0 aromatic carbocycles. The Morgan fingerprint density at radius 1 is 1.36 bits per heavy atom. The number of hydrogen-bond donors (Lipinski definition) is 0. The monoisotopic (exact) mass is 191 g/mol. The van der Waals surface area contributed by atoms with Crippen molar-refractivity contribution >= 4 is 5.71 Å². The summed E-state index contributed by atoms with van der Waals surface area (Å²) in [5.74, 6) is 0.550. The van der Waals surface area contributed by atoms with Crippen LogP contribution in [0.3, 0.4) is 0 Å². The topological polar surface area (TPSA) is 12.4 Å². The van der Waals surface area contributed by atoms with E-state index in [1.54, 1.807) is 12.3 Å². The van der Waals surface area contributed by atoms with Crippen LogP contribution >= 0.6 is 0 Å². The maximum absolute atomic E-state index is 4.30. The zero-order valence-electron chi connectivity index (χ0n) is 9.37. The Hall–Kier alpha value is -1.11. The SMILES string of the molecule is C=C/C=C\C(=NC=C)C(CC)CCC. The van der Waals surface area contributed by atoms with Gasteiger partial charge in [0.05, 0.1) is 0 Å². The zero-order chi connectivity index (χ0) is 10.8. The number of nitrogens with zero attached hydrogens (tertiary/aromatic N) is 1. The fourth-order valence-corrected chi connectivity index (χ4v) is 1.47. The summed E-state index contributed by atoms with van der Waals surface area (Å²) in [6, 6.07) is 0. The first-order valence-electron chi connectivity index (χ1n) is 5.27. The van der Waals surface area contributed by atoms with E-state index in [4.69, 9.17) is 0 Å². The van der Waals surface area contributed by atoms with Crippen molar-refractivity contribution in [1.82, 2.24) is 0 Å². The Morgan fingerprint density at radius 3 is 2.50 bits per heavy atom. The Kier molecular flexibility index (Phi) is 7.81. The third-order valence-corrected chi connectivity index (χ3v) is 2.19. The van der Waals surface area contributed by atoms with E-state index in [1.165, 1.54) is 12.8 Å². The van der Waals surface area contributed by atoms with Gasteiger partial charge in [-0.2, -0.15) is 0 Å². The third-order valence-electron chi connectivity index (χ3n) is 2.19. The van der Waals surface area contributed by atoms with Gasteiger partial charge in [-0.05, 0) is 18.9 Å². The molecule has 14 heavy (non-hydrogen) atoms. The normalized spacial score (nSPS) is 14.3. The quantitative estimate of drug-likeness (QED) is 0.423. The standard InChI is InChI=1S/C13H21N/c1-5-9-11-13(14-8-4)12(7-3)10-6-2/h5,8-9,11-12H,1,4,6-7,10H2,2-3H3/b11-9-,14-13?. The van der Waals surface area contributed by atoms with Crippen LogP contribution in [0.1, 0.15) is 33.1 Å². The third kappa shape index (κ3) is 4.80. The van der Waals surface area contributed by atoms with Crippen molar-refractivity contribution in [3.8, 4) is 0 Å². The van der Waals surface area contributed by atoms with E-state index in [-0.39, 0.29) is 0 Å². The fourth-order valence-electron chi connectivity index (χ4n) is 1.47. The highest BCUT2D eigenvalue weighted by Crippen LogP contribution is 2.14. The summed E-state index contributed by atoms with van der Waals surface area (Å²) in [5.41, 5.74) is 1.12. The lowest BCUT2D eigenvalue weighted by atomic mass is 9.94. The lowest BCUT2D eigenvalue weighted by Gasteiger charge is -2.13. The summed E-state index contributed by atoms with van der Waals surface area (Å²) in [4.78, 5) is 4.30. The van der Waals surface area contributed by atoms with Crippen LogP contribution in [0.25, 0.3) is 0 Å². The van der Waals surface area contributed by atoms with Gasteiger partial charge in [-0.25, -0.2) is 0 Å². The van der Waals surface area contributed by atoms with Crippen molar-refractivity contribution in [3.63, 3.8) is 0 Å². The number of hydrogen-bond acceptors (Lipinski definition) is 1. The van der Waals surface area contributed by atoms with Crippen LogP contribution in [-0.2, 0) is 0 Å². The zero-order valence-corrected chi connectivity index (χ0v) is 9.37. The van der Waals surface area contributed by atoms with Gasteiger partial charge in [0.1, 0.15) is 0 Å². The molecule has 0 heterocycles. The van der Waals surface area contributed by atoms with E-state index in [0.29, 0.717) is 5.92 Å². The first kappa shape index (κ1) is 12.9. The summed E-state index contributed by atoms with van der Waals surface area (Å²) in [5, 5.41) is 0. The average Bonchev–Trinajstić information content (AvgIpc) is 2.21. The van der Waals surface area contributed by atoms with E-state index in [1.807, 2.05) is 12.2 Å². The van der Waals surface area contributed by atoms with E-state index < -0.39 is 0 Å². The Bertz CT molecular complexity index is 223. The van der Waals surface area contributed by atoms with E-state index in [0.717, 1.165) is 12.1 Å². The largest absolute Gasteiger partial charge is 0.262 e. The van der Waals surface area contributed by atoms with Crippen molar-refractivity contribution in [2.24, 2.45) is 10.9 Å². The van der Waals surface area contributed by atoms with Gasteiger partial charge in [-0.15, -0.1) is 0 Å². The molecule has 0 amide bonds. The molecule has 0 saturated heterocycles. The molecule has 0 bridgehead atoms. The summed E-state index contributed by atoms with van der Waals surface area (Å²) in [6.07, 6.45) is 10.8. The van der Waals surface area contributed by atoms with Crippen LogP contribution in [0.4, 0.5) is 0 Å². The van der Waals surface area contributed by atoms with E-state index >= 15 is 0 Å². The highest BCUT2D eigenvalue weighted by molar-refractivity contribution is 5.97. The highest BCUT2D eigenvalue weighted by atomic mass is 14.7. The first-order chi connectivity index (χ1) is 6.79. The molecule has 78 valence electrons. The molecule has 0 aliphatic carbocycles. The predicted octanol–water partition coefficient (Wildman–Crippen LogP) is 4.14. The molecule has 0 spiro atoms. The smallest absolute Gasteiger partial charge is 0.0434 e. The fraction of sp³-hybridized carbons (Fsp3) is 0.462. The van der Waals surface area contributed by atoms with Crippen molar-refractivity contribution in [3.05, 3.63) is 37.6 Å². The van der Waals surface area contributed by atoms with Crippen LogP contribution in [-0.4, -0.2) is 5.71 Å². The van der Waals surface area contributed by atoms with Gasteiger partial charge in [0.2, 0.25) is 0 Å². The molecule has 0 rings (SSSR count). The summed E-state index contributed by atoms with van der Waals surface area (Å²) < 4.78 is 0. The average molecular weight is 191 g/mol. The summed E-state index contributed by atoms with van der Waals surface area (Å²) in [7, 11) is 0. The van der Waals surface area contributed by atoms with Crippen molar-refractivity contribution < 1.29 is 0 Å². The molecule has 0 aromatic rings. The molecule has 0 radical (unpaired) electrons. The minimum atomic E-state index is 0.550. The maximum Gasteiger partial charge on any atom is 0.0434 e.